The van der Waals surface area contributed by atoms with Crippen molar-refractivity contribution in [3.63, 3.8) is 0 Å². The summed E-state index contributed by atoms with van der Waals surface area (Å²) >= 11 is 0. The predicted molar refractivity (Wildman–Crippen MR) is 72.3 cm³/mol. The van der Waals surface area contributed by atoms with Crippen LogP contribution >= 0.6 is 0 Å². The van der Waals surface area contributed by atoms with Crippen molar-refractivity contribution in [1.82, 2.24) is 10.2 Å². The molecule has 4 nitrogen and oxygen atoms in total. The minimum atomic E-state index is -0.602. The molecule has 1 aromatic carbocycles. The Hall–Kier alpha value is -1.46. The molecule has 0 spiro atoms. The highest BCUT2D eigenvalue weighted by atomic mass is 19.1. The zero-order valence-corrected chi connectivity index (χ0v) is 11.3. The number of halogens is 1. The highest BCUT2D eigenvalue weighted by Gasteiger charge is 2.25. The molecule has 19 heavy (non-hydrogen) atoms. The van der Waals surface area contributed by atoms with Crippen LogP contribution in [0.2, 0.25) is 0 Å². The number of hydrogen-bond acceptors (Lipinski definition) is 3. The summed E-state index contributed by atoms with van der Waals surface area (Å²) in [6, 6.07) is 5.17. The minimum Gasteiger partial charge on any atom is -0.366 e. The third-order valence-electron chi connectivity index (χ3n) is 3.70. The summed E-state index contributed by atoms with van der Waals surface area (Å²) in [7, 11) is 0. The Labute approximate surface area is 112 Å². The number of rotatable bonds is 3. The zero-order valence-electron chi connectivity index (χ0n) is 11.3. The lowest BCUT2D eigenvalue weighted by molar-refractivity contribution is 0.0998. The molecule has 2 rings (SSSR count). The van der Waals surface area contributed by atoms with Gasteiger partial charge in [0.05, 0.1) is 0 Å². The summed E-state index contributed by atoms with van der Waals surface area (Å²) in [6.45, 7) is 6.61. The monoisotopic (exact) mass is 265 g/mol. The SMILES string of the molecule is CC1CNCC(C)N1Cc1ccc(C(N)=O)cc1F. The molecular formula is C14H20FN3O. The summed E-state index contributed by atoms with van der Waals surface area (Å²) < 4.78 is 14.0. The fourth-order valence-corrected chi connectivity index (χ4v) is 2.51. The molecule has 1 heterocycles. The number of primary amides is 1. The van der Waals surface area contributed by atoms with Gasteiger partial charge in [-0.2, -0.15) is 0 Å². The fourth-order valence-electron chi connectivity index (χ4n) is 2.51. The van der Waals surface area contributed by atoms with Crippen LogP contribution in [0.4, 0.5) is 4.39 Å². The van der Waals surface area contributed by atoms with Crippen molar-refractivity contribution in [1.29, 1.82) is 0 Å². The van der Waals surface area contributed by atoms with E-state index < -0.39 is 5.91 Å². The zero-order chi connectivity index (χ0) is 14.0. The quantitative estimate of drug-likeness (QED) is 0.860. The largest absolute Gasteiger partial charge is 0.366 e. The van der Waals surface area contributed by atoms with E-state index in [4.69, 9.17) is 5.73 Å². The van der Waals surface area contributed by atoms with Crippen molar-refractivity contribution < 1.29 is 9.18 Å². The van der Waals surface area contributed by atoms with E-state index in [0.29, 0.717) is 24.2 Å². The lowest BCUT2D eigenvalue weighted by Crippen LogP contribution is -2.54. The third-order valence-corrected chi connectivity index (χ3v) is 3.70. The van der Waals surface area contributed by atoms with Gasteiger partial charge < -0.3 is 11.1 Å². The van der Waals surface area contributed by atoms with Crippen molar-refractivity contribution in [2.24, 2.45) is 5.73 Å². The van der Waals surface area contributed by atoms with Gasteiger partial charge in [-0.3, -0.25) is 9.69 Å². The van der Waals surface area contributed by atoms with Crippen molar-refractivity contribution in [2.45, 2.75) is 32.5 Å². The molecule has 2 atom stereocenters. The van der Waals surface area contributed by atoms with Crippen LogP contribution in [0.5, 0.6) is 0 Å². The van der Waals surface area contributed by atoms with Crippen molar-refractivity contribution in [2.75, 3.05) is 13.1 Å². The molecule has 3 N–H and O–H groups in total. The lowest BCUT2D eigenvalue weighted by Gasteiger charge is -2.39. The molecule has 1 aliphatic rings. The highest BCUT2D eigenvalue weighted by molar-refractivity contribution is 5.92. The Balaban J connectivity index is 2.16. The van der Waals surface area contributed by atoms with E-state index in [2.05, 4.69) is 24.1 Å². The van der Waals surface area contributed by atoms with Crippen LogP contribution in [0.3, 0.4) is 0 Å². The first-order chi connectivity index (χ1) is 8.99. The predicted octanol–water partition coefficient (Wildman–Crippen LogP) is 1.11. The average Bonchev–Trinajstić information content (AvgIpc) is 2.35. The van der Waals surface area contributed by atoms with Gasteiger partial charge in [0.1, 0.15) is 5.82 Å². The number of nitrogens with one attached hydrogen (secondary N) is 1. The molecule has 0 radical (unpaired) electrons. The Morgan fingerprint density at radius 3 is 2.58 bits per heavy atom. The molecule has 0 bridgehead atoms. The van der Waals surface area contributed by atoms with Crippen LogP contribution in [0.1, 0.15) is 29.8 Å². The first kappa shape index (κ1) is 14.0. The van der Waals surface area contributed by atoms with Crippen LogP contribution in [0, 0.1) is 5.82 Å². The normalized spacial score (nSPS) is 24.4. The maximum atomic E-state index is 14.0. The van der Waals surface area contributed by atoms with Crippen molar-refractivity contribution in [3.05, 3.63) is 35.1 Å². The molecule has 1 amide bonds. The third kappa shape index (κ3) is 3.11. The number of piperazine rings is 1. The van der Waals surface area contributed by atoms with Crippen molar-refractivity contribution >= 4 is 5.91 Å². The van der Waals surface area contributed by atoms with Crippen LogP contribution in [0.25, 0.3) is 0 Å². The smallest absolute Gasteiger partial charge is 0.248 e. The van der Waals surface area contributed by atoms with Crippen LogP contribution in [-0.2, 0) is 6.54 Å². The summed E-state index contributed by atoms with van der Waals surface area (Å²) in [5.41, 5.74) is 5.95. The van der Waals surface area contributed by atoms with Crippen LogP contribution in [0.15, 0.2) is 18.2 Å². The van der Waals surface area contributed by atoms with Gasteiger partial charge in [-0.15, -0.1) is 0 Å². The molecular weight excluding hydrogens is 245 g/mol. The molecule has 0 aromatic heterocycles. The van der Waals surface area contributed by atoms with Gasteiger partial charge in [0.15, 0.2) is 0 Å². The molecule has 1 aromatic rings. The summed E-state index contributed by atoms with van der Waals surface area (Å²) in [6.07, 6.45) is 0. The van der Waals surface area contributed by atoms with E-state index in [0.717, 1.165) is 13.1 Å². The van der Waals surface area contributed by atoms with E-state index in [9.17, 15) is 9.18 Å². The molecule has 0 aliphatic carbocycles. The molecule has 1 fully saturated rings. The Bertz CT molecular complexity index is 468. The summed E-state index contributed by atoms with van der Waals surface area (Å²) in [5.74, 6) is -0.969. The Kier molecular flexibility index (Phi) is 4.17. The second kappa shape index (κ2) is 5.67. The molecule has 2 unspecified atom stereocenters. The van der Waals surface area contributed by atoms with Crippen molar-refractivity contribution in [3.8, 4) is 0 Å². The van der Waals surface area contributed by atoms with Gasteiger partial charge in [-0.25, -0.2) is 4.39 Å². The maximum Gasteiger partial charge on any atom is 0.248 e. The standard InChI is InChI=1S/C14H20FN3O/c1-9-6-17-7-10(2)18(9)8-12-4-3-11(14(16)19)5-13(12)15/h3-5,9-10,17H,6-8H2,1-2H3,(H2,16,19). The van der Waals surface area contributed by atoms with Gasteiger partial charge >= 0.3 is 0 Å². The average molecular weight is 265 g/mol. The van der Waals surface area contributed by atoms with E-state index in [1.165, 1.54) is 6.07 Å². The van der Waals surface area contributed by atoms with Gasteiger partial charge in [0, 0.05) is 42.8 Å². The van der Waals surface area contributed by atoms with Gasteiger partial charge in [0.25, 0.3) is 0 Å². The molecule has 0 saturated carbocycles. The van der Waals surface area contributed by atoms with Gasteiger partial charge in [-0.05, 0) is 26.0 Å². The topological polar surface area (TPSA) is 58.4 Å². The second-order valence-electron chi connectivity index (χ2n) is 5.20. The molecule has 104 valence electrons. The van der Waals surface area contributed by atoms with E-state index in [1.54, 1.807) is 12.1 Å². The number of nitrogens with two attached hydrogens (primary N) is 1. The Morgan fingerprint density at radius 1 is 1.42 bits per heavy atom. The second-order valence-corrected chi connectivity index (χ2v) is 5.20. The number of benzene rings is 1. The first-order valence-corrected chi connectivity index (χ1v) is 6.53. The van der Waals surface area contributed by atoms with E-state index in [-0.39, 0.29) is 11.4 Å². The minimum absolute atomic E-state index is 0.211. The number of amides is 1. The van der Waals surface area contributed by atoms with Crippen LogP contribution in [-0.4, -0.2) is 36.0 Å². The molecule has 1 aliphatic heterocycles. The van der Waals surface area contributed by atoms with Gasteiger partial charge in [0.2, 0.25) is 5.91 Å². The highest BCUT2D eigenvalue weighted by Crippen LogP contribution is 2.18. The molecule has 1 saturated heterocycles. The van der Waals surface area contributed by atoms with E-state index in [1.807, 2.05) is 0 Å². The molecule has 5 heteroatoms. The number of hydrogen-bond donors (Lipinski definition) is 2. The van der Waals surface area contributed by atoms with E-state index >= 15 is 0 Å². The number of nitrogens with zero attached hydrogens (tertiary/aromatic N) is 1. The fraction of sp³-hybridized carbons (Fsp3) is 0.500. The maximum absolute atomic E-state index is 14.0. The number of carbonyl (C=O) groups is 1. The number of carbonyl (C=O) groups excluding carboxylic acids is 1. The Morgan fingerprint density at radius 2 is 2.05 bits per heavy atom. The van der Waals surface area contributed by atoms with Crippen LogP contribution < -0.4 is 11.1 Å². The first-order valence-electron chi connectivity index (χ1n) is 6.53. The lowest BCUT2D eigenvalue weighted by atomic mass is 10.1. The summed E-state index contributed by atoms with van der Waals surface area (Å²) in [4.78, 5) is 13.3. The summed E-state index contributed by atoms with van der Waals surface area (Å²) in [5, 5.41) is 3.34. The van der Waals surface area contributed by atoms with Gasteiger partial charge in [-0.1, -0.05) is 6.07 Å².